The monoisotopic (exact) mass is 505 g/mol. The molecule has 4 rings (SSSR count). The molecule has 0 bridgehead atoms. The SMILES string of the molecule is Cc1ccc(Sc2ccc(Sc3ncn[nH]3)nc2C(=O)Nc2nccs2)c(S(N)(=O)=O)c1. The number of nitrogens with one attached hydrogen (secondary N) is 2. The number of rotatable bonds is 7. The van der Waals surface area contributed by atoms with Gasteiger partial charge in [-0.2, -0.15) is 5.10 Å². The topological polar surface area (TPSA) is 157 Å². The van der Waals surface area contributed by atoms with Gasteiger partial charge in [-0.3, -0.25) is 15.2 Å². The second kappa shape index (κ2) is 9.38. The number of aryl methyl sites for hydroxylation is 1. The lowest BCUT2D eigenvalue weighted by Crippen LogP contribution is -2.16. The molecule has 1 aromatic carbocycles. The van der Waals surface area contributed by atoms with Crippen molar-refractivity contribution in [3.8, 4) is 0 Å². The van der Waals surface area contributed by atoms with Crippen molar-refractivity contribution in [3.05, 3.63) is 59.5 Å². The van der Waals surface area contributed by atoms with E-state index in [2.05, 4.69) is 30.5 Å². The number of primary sulfonamides is 1. The normalized spacial score (nSPS) is 11.4. The van der Waals surface area contributed by atoms with Gasteiger partial charge in [0.15, 0.2) is 10.3 Å². The highest BCUT2D eigenvalue weighted by Crippen LogP contribution is 2.36. The minimum Gasteiger partial charge on any atom is -0.296 e. The van der Waals surface area contributed by atoms with E-state index in [0.29, 0.717) is 25.1 Å². The number of thiazole rings is 1. The zero-order chi connectivity index (χ0) is 22.7. The molecule has 0 aliphatic heterocycles. The number of nitrogens with zero attached hydrogens (tertiary/aromatic N) is 4. The summed E-state index contributed by atoms with van der Waals surface area (Å²) in [6.07, 6.45) is 2.94. The summed E-state index contributed by atoms with van der Waals surface area (Å²) in [5.74, 6) is -0.480. The summed E-state index contributed by atoms with van der Waals surface area (Å²) in [5, 5.41) is 17.8. The van der Waals surface area contributed by atoms with Gasteiger partial charge in [0.2, 0.25) is 10.0 Å². The molecule has 0 aliphatic rings. The fourth-order valence-corrected chi connectivity index (χ4v) is 5.82. The maximum atomic E-state index is 13.0. The van der Waals surface area contributed by atoms with E-state index in [1.165, 1.54) is 35.5 Å². The van der Waals surface area contributed by atoms with Crippen LogP contribution in [-0.4, -0.2) is 39.5 Å². The number of hydrogen-bond acceptors (Lipinski definition) is 10. The minimum atomic E-state index is -3.97. The molecule has 0 radical (unpaired) electrons. The second-order valence-electron chi connectivity index (χ2n) is 6.28. The van der Waals surface area contributed by atoms with Crippen LogP contribution in [-0.2, 0) is 10.0 Å². The molecule has 0 aliphatic carbocycles. The molecule has 0 saturated carbocycles. The van der Waals surface area contributed by atoms with Crippen LogP contribution in [0.15, 0.2) is 73.1 Å². The number of aromatic amines is 1. The summed E-state index contributed by atoms with van der Waals surface area (Å²) in [7, 11) is -3.97. The Bertz CT molecular complexity index is 1360. The molecule has 0 fully saturated rings. The fourth-order valence-electron chi connectivity index (χ4n) is 2.55. The summed E-state index contributed by atoms with van der Waals surface area (Å²) in [6, 6.07) is 8.32. The maximum absolute atomic E-state index is 13.0. The highest BCUT2D eigenvalue weighted by atomic mass is 32.2. The Morgan fingerprint density at radius 3 is 2.66 bits per heavy atom. The largest absolute Gasteiger partial charge is 0.296 e. The Kier molecular flexibility index (Phi) is 6.57. The van der Waals surface area contributed by atoms with Crippen molar-refractivity contribution < 1.29 is 13.2 Å². The quantitative estimate of drug-likeness (QED) is 0.343. The van der Waals surface area contributed by atoms with Gasteiger partial charge in [-0.15, -0.1) is 11.3 Å². The Balaban J connectivity index is 1.73. The predicted octanol–water partition coefficient (Wildman–Crippen LogP) is 3.17. The van der Waals surface area contributed by atoms with Crippen LogP contribution < -0.4 is 10.5 Å². The van der Waals surface area contributed by atoms with E-state index >= 15 is 0 Å². The molecule has 10 nitrogen and oxygen atoms in total. The molecular weight excluding hydrogens is 491 g/mol. The summed E-state index contributed by atoms with van der Waals surface area (Å²) < 4.78 is 24.2. The maximum Gasteiger partial charge on any atom is 0.277 e. The number of nitrogens with two attached hydrogens (primary N) is 1. The second-order valence-corrected chi connectivity index (χ2v) is 10.8. The van der Waals surface area contributed by atoms with Crippen molar-refractivity contribution in [2.75, 3.05) is 5.32 Å². The average molecular weight is 506 g/mol. The first-order valence-corrected chi connectivity index (χ1v) is 12.9. The first-order chi connectivity index (χ1) is 15.3. The molecule has 3 aromatic heterocycles. The smallest absolute Gasteiger partial charge is 0.277 e. The molecule has 0 atom stereocenters. The predicted molar refractivity (Wildman–Crippen MR) is 121 cm³/mol. The number of carbonyl (C=O) groups is 1. The van der Waals surface area contributed by atoms with Gasteiger partial charge in [0.05, 0.1) is 4.90 Å². The number of sulfonamides is 1. The van der Waals surface area contributed by atoms with Crippen molar-refractivity contribution >= 4 is 55.9 Å². The van der Waals surface area contributed by atoms with Crippen molar-refractivity contribution in [2.24, 2.45) is 5.14 Å². The molecule has 164 valence electrons. The van der Waals surface area contributed by atoms with E-state index in [0.717, 1.165) is 17.3 Å². The number of H-pyrrole nitrogens is 1. The summed E-state index contributed by atoms with van der Waals surface area (Å²) in [6.45, 7) is 1.77. The van der Waals surface area contributed by atoms with Crippen LogP contribution in [0.4, 0.5) is 5.13 Å². The lowest BCUT2D eigenvalue weighted by Gasteiger charge is -2.12. The summed E-state index contributed by atoms with van der Waals surface area (Å²) >= 11 is 3.56. The number of anilines is 1. The van der Waals surface area contributed by atoms with Crippen molar-refractivity contribution in [3.63, 3.8) is 0 Å². The third-order valence-electron chi connectivity index (χ3n) is 3.92. The van der Waals surface area contributed by atoms with Gasteiger partial charge in [0.25, 0.3) is 5.91 Å². The fraction of sp³-hybridized carbons (Fsp3) is 0.0556. The third kappa shape index (κ3) is 5.34. The van der Waals surface area contributed by atoms with Gasteiger partial charge in [-0.05, 0) is 48.5 Å². The Morgan fingerprint density at radius 1 is 1.16 bits per heavy atom. The third-order valence-corrected chi connectivity index (χ3v) is 7.64. The molecular formula is C18H15N7O3S4. The van der Waals surface area contributed by atoms with Crippen LogP contribution in [0.25, 0.3) is 0 Å². The van der Waals surface area contributed by atoms with Crippen LogP contribution in [0.3, 0.4) is 0 Å². The molecule has 3 heterocycles. The van der Waals surface area contributed by atoms with Gasteiger partial charge in [-0.1, -0.05) is 17.8 Å². The van der Waals surface area contributed by atoms with Gasteiger partial charge < -0.3 is 0 Å². The van der Waals surface area contributed by atoms with E-state index in [1.807, 2.05) is 0 Å². The van der Waals surface area contributed by atoms with Crippen LogP contribution >= 0.6 is 34.9 Å². The molecule has 0 saturated heterocycles. The van der Waals surface area contributed by atoms with Gasteiger partial charge in [-0.25, -0.2) is 28.5 Å². The van der Waals surface area contributed by atoms with Crippen LogP contribution in [0.5, 0.6) is 0 Å². The molecule has 0 unspecified atom stereocenters. The van der Waals surface area contributed by atoms with E-state index < -0.39 is 15.9 Å². The Morgan fingerprint density at radius 2 is 1.97 bits per heavy atom. The number of hydrogen-bond donors (Lipinski definition) is 3. The minimum absolute atomic E-state index is 0.0195. The molecule has 1 amide bonds. The lowest BCUT2D eigenvalue weighted by molar-refractivity contribution is 0.101. The highest BCUT2D eigenvalue weighted by molar-refractivity contribution is 8.00. The average Bonchev–Trinajstić information content (AvgIpc) is 3.44. The number of benzene rings is 1. The summed E-state index contributed by atoms with van der Waals surface area (Å²) in [4.78, 5) is 26.4. The van der Waals surface area contributed by atoms with Crippen molar-refractivity contribution in [2.45, 2.75) is 31.8 Å². The number of amides is 1. The van der Waals surface area contributed by atoms with Crippen LogP contribution in [0.2, 0.25) is 0 Å². The van der Waals surface area contributed by atoms with Gasteiger partial charge in [0, 0.05) is 21.4 Å². The van der Waals surface area contributed by atoms with Crippen molar-refractivity contribution in [1.29, 1.82) is 0 Å². The van der Waals surface area contributed by atoms with E-state index in [4.69, 9.17) is 5.14 Å². The van der Waals surface area contributed by atoms with Gasteiger partial charge in [0.1, 0.15) is 17.0 Å². The van der Waals surface area contributed by atoms with Crippen LogP contribution in [0.1, 0.15) is 16.1 Å². The Labute approximate surface area is 195 Å². The van der Waals surface area contributed by atoms with Gasteiger partial charge >= 0.3 is 0 Å². The number of aromatic nitrogens is 5. The number of carbonyl (C=O) groups excluding carboxylic acids is 1. The zero-order valence-electron chi connectivity index (χ0n) is 16.3. The molecule has 0 spiro atoms. The number of pyridine rings is 1. The van der Waals surface area contributed by atoms with Crippen molar-refractivity contribution in [1.82, 2.24) is 25.1 Å². The molecule has 4 aromatic rings. The first-order valence-electron chi connectivity index (χ1n) is 8.86. The van der Waals surface area contributed by atoms with E-state index in [-0.39, 0.29) is 10.6 Å². The van der Waals surface area contributed by atoms with Crippen LogP contribution in [0, 0.1) is 6.92 Å². The first kappa shape index (κ1) is 22.4. The van der Waals surface area contributed by atoms with E-state index in [9.17, 15) is 13.2 Å². The molecule has 4 N–H and O–H groups in total. The zero-order valence-corrected chi connectivity index (χ0v) is 19.6. The standard InChI is InChI=1S/C18H15N7O3S4/c1-10-2-3-11(13(8-10)32(19,27)28)30-12-4-5-14(31-18-21-9-22-25-18)23-15(12)16(26)24-17-20-6-7-29-17/h2-9H,1H3,(H2,19,27,28)(H,20,24,26)(H,21,22,25). The molecule has 14 heteroatoms. The lowest BCUT2D eigenvalue weighted by atomic mass is 10.2. The molecule has 32 heavy (non-hydrogen) atoms. The Hall–Kier alpha value is -2.78. The highest BCUT2D eigenvalue weighted by Gasteiger charge is 2.21. The van der Waals surface area contributed by atoms with E-state index in [1.54, 1.807) is 42.8 Å². The summed E-state index contributed by atoms with van der Waals surface area (Å²) in [5.41, 5.74) is 0.854.